The van der Waals surface area contributed by atoms with Crippen molar-refractivity contribution in [3.05, 3.63) is 24.2 Å². The van der Waals surface area contributed by atoms with E-state index in [-0.39, 0.29) is 0 Å². The lowest BCUT2D eigenvalue weighted by atomic mass is 10.2. The van der Waals surface area contributed by atoms with Crippen LogP contribution in [0.4, 0.5) is 0 Å². The Labute approximate surface area is 74.7 Å². The summed E-state index contributed by atoms with van der Waals surface area (Å²) in [4.78, 5) is 15.0. The molecule has 3 N–H and O–H groups in total. The highest BCUT2D eigenvalue weighted by molar-refractivity contribution is 6.06. The lowest BCUT2D eigenvalue weighted by Crippen LogP contribution is -2.13. The number of nitrogens with zero attached hydrogens (tertiary/aromatic N) is 3. The summed E-state index contributed by atoms with van der Waals surface area (Å²) >= 11 is 0. The summed E-state index contributed by atoms with van der Waals surface area (Å²) in [7, 11) is 1.65. The van der Waals surface area contributed by atoms with E-state index in [1.807, 2.05) is 6.07 Å². The minimum absolute atomic E-state index is 0.483. The van der Waals surface area contributed by atoms with E-state index in [0.29, 0.717) is 11.5 Å². The van der Waals surface area contributed by atoms with Crippen LogP contribution in [-0.4, -0.2) is 27.8 Å². The second kappa shape index (κ2) is 2.85. The summed E-state index contributed by atoms with van der Waals surface area (Å²) in [5.74, 6) is 0.483. The van der Waals surface area contributed by atoms with Crippen LogP contribution in [0.2, 0.25) is 0 Å². The van der Waals surface area contributed by atoms with E-state index in [4.69, 9.17) is 5.73 Å². The Morgan fingerprint density at radius 1 is 1.54 bits per heavy atom. The summed E-state index contributed by atoms with van der Waals surface area (Å²) in [5, 5.41) is 0. The van der Waals surface area contributed by atoms with Crippen LogP contribution in [-0.2, 0) is 0 Å². The van der Waals surface area contributed by atoms with E-state index in [1.54, 1.807) is 19.6 Å². The molecule has 0 bridgehead atoms. The van der Waals surface area contributed by atoms with Crippen LogP contribution in [0.5, 0.6) is 0 Å². The first-order chi connectivity index (χ1) is 6.33. The molecule has 5 heteroatoms. The van der Waals surface area contributed by atoms with Gasteiger partial charge in [0.25, 0.3) is 0 Å². The Kier molecular flexibility index (Phi) is 1.70. The van der Waals surface area contributed by atoms with Crippen molar-refractivity contribution in [2.24, 2.45) is 10.7 Å². The number of aliphatic imine (C=N–C) groups is 1. The minimum atomic E-state index is 0.483. The largest absolute Gasteiger partial charge is 0.383 e. The van der Waals surface area contributed by atoms with Crippen LogP contribution in [0.3, 0.4) is 0 Å². The molecule has 0 aromatic carbocycles. The molecule has 0 aliphatic rings. The molecule has 2 heterocycles. The molecule has 0 amide bonds. The third kappa shape index (κ3) is 1.14. The average Bonchev–Trinajstić information content (AvgIpc) is 2.63. The number of pyridine rings is 1. The van der Waals surface area contributed by atoms with Gasteiger partial charge in [0.15, 0.2) is 5.65 Å². The summed E-state index contributed by atoms with van der Waals surface area (Å²) in [6, 6.07) is 1.81. The maximum Gasteiger partial charge on any atom is 0.178 e. The smallest absolute Gasteiger partial charge is 0.178 e. The van der Waals surface area contributed by atoms with Gasteiger partial charge >= 0.3 is 0 Å². The van der Waals surface area contributed by atoms with Gasteiger partial charge in [-0.25, -0.2) is 9.97 Å². The number of hydrogen-bond acceptors (Lipinski definition) is 3. The van der Waals surface area contributed by atoms with Crippen LogP contribution >= 0.6 is 0 Å². The number of aromatic nitrogens is 3. The molecule has 0 saturated carbocycles. The lowest BCUT2D eigenvalue weighted by Gasteiger charge is -1.99. The molecule has 2 aromatic rings. The number of aromatic amines is 1. The van der Waals surface area contributed by atoms with Gasteiger partial charge in [0.1, 0.15) is 5.84 Å². The molecule has 5 nitrogen and oxygen atoms in total. The Morgan fingerprint density at radius 3 is 3.15 bits per heavy atom. The van der Waals surface area contributed by atoms with Gasteiger partial charge in [-0.3, -0.25) is 4.99 Å². The maximum absolute atomic E-state index is 5.69. The molecular weight excluding hydrogens is 166 g/mol. The summed E-state index contributed by atoms with van der Waals surface area (Å²) < 4.78 is 0. The van der Waals surface area contributed by atoms with Crippen LogP contribution in [0.15, 0.2) is 23.6 Å². The number of amidine groups is 1. The van der Waals surface area contributed by atoms with Crippen molar-refractivity contribution in [2.45, 2.75) is 0 Å². The monoisotopic (exact) mass is 175 g/mol. The first kappa shape index (κ1) is 7.72. The van der Waals surface area contributed by atoms with Crippen LogP contribution in [0.1, 0.15) is 5.56 Å². The molecule has 13 heavy (non-hydrogen) atoms. The summed E-state index contributed by atoms with van der Waals surface area (Å²) in [6.07, 6.45) is 3.25. The fraction of sp³-hybridized carbons (Fsp3) is 0.125. The quantitative estimate of drug-likeness (QED) is 0.483. The Morgan fingerprint density at radius 2 is 2.38 bits per heavy atom. The van der Waals surface area contributed by atoms with Gasteiger partial charge in [0.2, 0.25) is 0 Å². The van der Waals surface area contributed by atoms with E-state index in [1.165, 1.54) is 0 Å². The van der Waals surface area contributed by atoms with E-state index in [2.05, 4.69) is 19.9 Å². The maximum atomic E-state index is 5.69. The molecule has 0 radical (unpaired) electrons. The lowest BCUT2D eigenvalue weighted by molar-refractivity contribution is 1.30. The highest BCUT2D eigenvalue weighted by Gasteiger charge is 2.05. The Balaban J connectivity index is 2.75. The van der Waals surface area contributed by atoms with Crippen LogP contribution in [0, 0.1) is 0 Å². The van der Waals surface area contributed by atoms with Crippen molar-refractivity contribution in [2.75, 3.05) is 7.05 Å². The molecule has 0 fully saturated rings. The van der Waals surface area contributed by atoms with Crippen LogP contribution < -0.4 is 5.73 Å². The molecule has 0 atom stereocenters. The van der Waals surface area contributed by atoms with Crippen molar-refractivity contribution in [1.82, 2.24) is 15.0 Å². The second-order valence-corrected chi connectivity index (χ2v) is 2.57. The topological polar surface area (TPSA) is 79.9 Å². The molecular formula is C8H9N5. The number of imidazole rings is 1. The zero-order chi connectivity index (χ0) is 9.26. The second-order valence-electron chi connectivity index (χ2n) is 2.57. The van der Waals surface area contributed by atoms with Crippen molar-refractivity contribution >= 4 is 17.0 Å². The fourth-order valence-electron chi connectivity index (χ4n) is 1.18. The molecule has 2 rings (SSSR count). The molecule has 2 aromatic heterocycles. The summed E-state index contributed by atoms with van der Waals surface area (Å²) in [5.41, 5.74) is 8.01. The van der Waals surface area contributed by atoms with Gasteiger partial charge in [-0.05, 0) is 6.07 Å². The van der Waals surface area contributed by atoms with Gasteiger partial charge in [-0.1, -0.05) is 0 Å². The van der Waals surface area contributed by atoms with Crippen molar-refractivity contribution in [3.8, 4) is 0 Å². The van der Waals surface area contributed by atoms with E-state index in [0.717, 1.165) is 11.1 Å². The normalized spacial score (nSPS) is 12.2. The van der Waals surface area contributed by atoms with E-state index >= 15 is 0 Å². The number of fused-ring (bicyclic) bond motifs is 1. The number of hydrogen-bond donors (Lipinski definition) is 2. The molecule has 66 valence electrons. The number of H-pyrrole nitrogens is 1. The number of rotatable bonds is 1. The van der Waals surface area contributed by atoms with Crippen molar-refractivity contribution in [3.63, 3.8) is 0 Å². The molecule has 0 aliphatic carbocycles. The SMILES string of the molecule is CN=C(N)c1ccnc2nc[nH]c12. The third-order valence-electron chi connectivity index (χ3n) is 1.84. The predicted octanol–water partition coefficient (Wildman–Crippen LogP) is 0.293. The first-order valence-electron chi connectivity index (χ1n) is 3.83. The van der Waals surface area contributed by atoms with Gasteiger partial charge in [0, 0.05) is 18.8 Å². The summed E-state index contributed by atoms with van der Waals surface area (Å²) in [6.45, 7) is 0. The molecule has 0 saturated heterocycles. The zero-order valence-corrected chi connectivity index (χ0v) is 7.15. The Hall–Kier alpha value is -1.91. The van der Waals surface area contributed by atoms with Gasteiger partial charge in [0.05, 0.1) is 11.8 Å². The number of nitrogens with two attached hydrogens (primary N) is 1. The van der Waals surface area contributed by atoms with E-state index in [9.17, 15) is 0 Å². The zero-order valence-electron chi connectivity index (χ0n) is 7.15. The number of nitrogens with one attached hydrogen (secondary N) is 1. The molecule has 0 unspecified atom stereocenters. The Bertz CT molecular complexity index is 456. The van der Waals surface area contributed by atoms with Gasteiger partial charge in [-0.15, -0.1) is 0 Å². The third-order valence-corrected chi connectivity index (χ3v) is 1.84. The average molecular weight is 175 g/mol. The first-order valence-corrected chi connectivity index (χ1v) is 3.83. The standard InChI is InChI=1S/C8H9N5/c1-10-7(9)5-2-3-11-8-6(5)12-4-13-8/h2-4H,1H3,(H2,9,10)(H,11,12,13). The predicted molar refractivity (Wildman–Crippen MR) is 50.5 cm³/mol. The minimum Gasteiger partial charge on any atom is -0.383 e. The van der Waals surface area contributed by atoms with Gasteiger partial charge in [-0.2, -0.15) is 0 Å². The highest BCUT2D eigenvalue weighted by atomic mass is 15.0. The molecule has 0 aliphatic heterocycles. The van der Waals surface area contributed by atoms with Crippen molar-refractivity contribution in [1.29, 1.82) is 0 Å². The van der Waals surface area contributed by atoms with E-state index < -0.39 is 0 Å². The highest BCUT2D eigenvalue weighted by Crippen LogP contribution is 2.10. The van der Waals surface area contributed by atoms with Gasteiger partial charge < -0.3 is 10.7 Å². The van der Waals surface area contributed by atoms with Crippen LogP contribution in [0.25, 0.3) is 11.2 Å². The molecule has 0 spiro atoms. The van der Waals surface area contributed by atoms with Crippen molar-refractivity contribution < 1.29 is 0 Å². The fourth-order valence-corrected chi connectivity index (χ4v) is 1.18.